The Morgan fingerprint density at radius 3 is 2.38 bits per heavy atom. The van der Waals surface area contributed by atoms with Crippen molar-refractivity contribution in [3.63, 3.8) is 0 Å². The zero-order valence-electron chi connectivity index (χ0n) is 11.3. The van der Waals surface area contributed by atoms with Crippen LogP contribution in [0.3, 0.4) is 0 Å². The first kappa shape index (κ1) is 15.3. The van der Waals surface area contributed by atoms with E-state index in [-0.39, 0.29) is 19.0 Å². The van der Waals surface area contributed by atoms with Gasteiger partial charge < -0.3 is 10.0 Å². The zero-order valence-corrected chi connectivity index (χ0v) is 11.3. The van der Waals surface area contributed by atoms with Crippen molar-refractivity contribution in [1.29, 1.82) is 0 Å². The highest BCUT2D eigenvalue weighted by Crippen LogP contribution is 2.24. The minimum Gasteiger partial charge on any atom is -0.481 e. The summed E-state index contributed by atoms with van der Waals surface area (Å²) >= 11 is 0. The van der Waals surface area contributed by atoms with Gasteiger partial charge in [0.25, 0.3) is 5.91 Å². The van der Waals surface area contributed by atoms with E-state index in [4.69, 9.17) is 5.11 Å². The maximum atomic E-state index is 13.6. The quantitative estimate of drug-likeness (QED) is 0.853. The lowest BCUT2D eigenvalue weighted by Gasteiger charge is -2.34. The molecular weight excluding hydrogens is 287 g/mol. The molecular formula is C14H14F3NO3. The van der Waals surface area contributed by atoms with Crippen molar-refractivity contribution in [3.05, 3.63) is 35.1 Å². The van der Waals surface area contributed by atoms with Crippen LogP contribution < -0.4 is 0 Å². The molecule has 4 nitrogen and oxygen atoms in total. The molecule has 114 valence electrons. The molecule has 1 fully saturated rings. The Bertz CT molecular complexity index is 591. The summed E-state index contributed by atoms with van der Waals surface area (Å²) in [5.74, 6) is -6.54. The Morgan fingerprint density at radius 2 is 1.76 bits per heavy atom. The van der Waals surface area contributed by atoms with Crippen molar-refractivity contribution >= 4 is 11.9 Å². The number of halogens is 3. The van der Waals surface area contributed by atoms with E-state index in [9.17, 15) is 22.8 Å². The fourth-order valence-corrected chi connectivity index (χ4v) is 2.55. The van der Waals surface area contributed by atoms with Gasteiger partial charge in [0.05, 0.1) is 11.5 Å². The standard InChI is InChI=1S/C14H14F3NO3/c1-7-2-8(14(20)21)6-18(5-7)13(19)9-3-11(16)12(17)4-10(9)15/h3-4,7-8H,2,5-6H2,1H3,(H,20,21). The monoisotopic (exact) mass is 301 g/mol. The minimum atomic E-state index is -1.38. The van der Waals surface area contributed by atoms with E-state index in [0.717, 1.165) is 0 Å². The SMILES string of the molecule is CC1CC(C(=O)O)CN(C(=O)c2cc(F)c(F)cc2F)C1. The molecule has 21 heavy (non-hydrogen) atoms. The molecule has 0 saturated carbocycles. The molecule has 1 aromatic carbocycles. The summed E-state index contributed by atoms with van der Waals surface area (Å²) in [4.78, 5) is 24.4. The maximum Gasteiger partial charge on any atom is 0.308 e. The van der Waals surface area contributed by atoms with E-state index in [2.05, 4.69) is 0 Å². The summed E-state index contributed by atoms with van der Waals surface area (Å²) < 4.78 is 39.7. The number of hydrogen-bond donors (Lipinski definition) is 1. The van der Waals surface area contributed by atoms with Gasteiger partial charge in [-0.15, -0.1) is 0 Å². The summed E-state index contributed by atoms with van der Waals surface area (Å²) in [6.07, 6.45) is 0.416. The van der Waals surface area contributed by atoms with Crippen molar-refractivity contribution in [1.82, 2.24) is 4.90 Å². The molecule has 0 bridgehead atoms. The van der Waals surface area contributed by atoms with Gasteiger partial charge in [-0.05, 0) is 18.4 Å². The predicted molar refractivity (Wildman–Crippen MR) is 67.1 cm³/mol. The summed E-state index contributed by atoms with van der Waals surface area (Å²) in [6, 6.07) is 0.812. The molecule has 1 aliphatic heterocycles. The van der Waals surface area contributed by atoms with E-state index in [1.165, 1.54) is 4.90 Å². The highest BCUT2D eigenvalue weighted by molar-refractivity contribution is 5.95. The second-order valence-corrected chi connectivity index (χ2v) is 5.33. The number of carbonyl (C=O) groups excluding carboxylic acids is 1. The number of carboxylic acid groups (broad SMARTS) is 1. The van der Waals surface area contributed by atoms with Gasteiger partial charge in [0.1, 0.15) is 5.82 Å². The molecule has 0 aromatic heterocycles. The van der Waals surface area contributed by atoms with Gasteiger partial charge in [0.15, 0.2) is 11.6 Å². The number of rotatable bonds is 2. The number of nitrogens with zero attached hydrogens (tertiary/aromatic N) is 1. The van der Waals surface area contributed by atoms with Gasteiger partial charge in [0.2, 0.25) is 0 Å². The topological polar surface area (TPSA) is 57.6 Å². The van der Waals surface area contributed by atoms with Crippen LogP contribution in [0.25, 0.3) is 0 Å². The van der Waals surface area contributed by atoms with Crippen LogP contribution in [0, 0.1) is 29.3 Å². The van der Waals surface area contributed by atoms with Gasteiger partial charge >= 0.3 is 5.97 Å². The van der Waals surface area contributed by atoms with E-state index in [0.29, 0.717) is 18.6 Å². The summed E-state index contributed by atoms with van der Waals surface area (Å²) in [6.45, 7) is 1.95. The van der Waals surface area contributed by atoms with Gasteiger partial charge in [-0.3, -0.25) is 9.59 Å². The maximum absolute atomic E-state index is 13.6. The Morgan fingerprint density at radius 1 is 1.14 bits per heavy atom. The van der Waals surface area contributed by atoms with Gasteiger partial charge in [-0.2, -0.15) is 0 Å². The fourth-order valence-electron chi connectivity index (χ4n) is 2.55. The Kier molecular flexibility index (Phi) is 4.20. The number of hydrogen-bond acceptors (Lipinski definition) is 2. The van der Waals surface area contributed by atoms with Crippen LogP contribution in [0.1, 0.15) is 23.7 Å². The molecule has 1 heterocycles. The van der Waals surface area contributed by atoms with Crippen LogP contribution >= 0.6 is 0 Å². The second-order valence-electron chi connectivity index (χ2n) is 5.33. The van der Waals surface area contributed by atoms with E-state index < -0.39 is 40.8 Å². The first-order valence-corrected chi connectivity index (χ1v) is 6.46. The van der Waals surface area contributed by atoms with Crippen LogP contribution in [-0.2, 0) is 4.79 Å². The molecule has 2 unspecified atom stereocenters. The van der Waals surface area contributed by atoms with Crippen molar-refractivity contribution in [2.24, 2.45) is 11.8 Å². The summed E-state index contributed by atoms with van der Waals surface area (Å²) in [7, 11) is 0. The molecule has 1 aliphatic rings. The molecule has 1 saturated heterocycles. The first-order chi connectivity index (χ1) is 9.79. The number of piperidine rings is 1. The average Bonchev–Trinajstić information content (AvgIpc) is 2.41. The minimum absolute atomic E-state index is 0.0721. The highest BCUT2D eigenvalue weighted by Gasteiger charge is 2.33. The number of aliphatic carboxylic acids is 1. The molecule has 2 rings (SSSR count). The van der Waals surface area contributed by atoms with Gasteiger partial charge in [0, 0.05) is 19.2 Å². The summed E-state index contributed by atoms with van der Waals surface area (Å²) in [5.41, 5.74) is -0.591. The molecule has 0 spiro atoms. The van der Waals surface area contributed by atoms with Crippen molar-refractivity contribution in [3.8, 4) is 0 Å². The smallest absolute Gasteiger partial charge is 0.308 e. The number of carboxylic acids is 1. The van der Waals surface area contributed by atoms with Gasteiger partial charge in [-0.1, -0.05) is 6.92 Å². The van der Waals surface area contributed by atoms with Crippen LogP contribution in [0.2, 0.25) is 0 Å². The Hall–Kier alpha value is -2.05. The van der Waals surface area contributed by atoms with Crippen LogP contribution in [-0.4, -0.2) is 35.0 Å². The van der Waals surface area contributed by atoms with Crippen LogP contribution in [0.5, 0.6) is 0 Å². The number of amides is 1. The number of benzene rings is 1. The third-order valence-corrected chi connectivity index (χ3v) is 3.54. The highest BCUT2D eigenvalue weighted by atomic mass is 19.2. The lowest BCUT2D eigenvalue weighted by atomic mass is 9.90. The normalized spacial score (nSPS) is 22.2. The van der Waals surface area contributed by atoms with Crippen molar-refractivity contribution < 1.29 is 27.9 Å². The molecule has 2 atom stereocenters. The van der Waals surface area contributed by atoms with Crippen LogP contribution in [0.15, 0.2) is 12.1 Å². The number of likely N-dealkylation sites (tertiary alicyclic amines) is 1. The largest absolute Gasteiger partial charge is 0.481 e. The Labute approximate surface area is 119 Å². The lowest BCUT2D eigenvalue weighted by molar-refractivity contribution is -0.143. The van der Waals surface area contributed by atoms with Crippen molar-refractivity contribution in [2.45, 2.75) is 13.3 Å². The summed E-state index contributed by atoms with van der Waals surface area (Å²) in [5, 5.41) is 9.04. The van der Waals surface area contributed by atoms with E-state index in [1.807, 2.05) is 0 Å². The lowest BCUT2D eigenvalue weighted by Crippen LogP contribution is -2.45. The Balaban J connectivity index is 2.27. The zero-order chi connectivity index (χ0) is 15.7. The van der Waals surface area contributed by atoms with Crippen molar-refractivity contribution in [2.75, 3.05) is 13.1 Å². The first-order valence-electron chi connectivity index (χ1n) is 6.46. The van der Waals surface area contributed by atoms with Gasteiger partial charge in [-0.25, -0.2) is 13.2 Å². The van der Waals surface area contributed by atoms with E-state index in [1.54, 1.807) is 6.92 Å². The molecule has 1 aromatic rings. The third kappa shape index (κ3) is 3.17. The second kappa shape index (κ2) is 5.75. The third-order valence-electron chi connectivity index (χ3n) is 3.54. The molecule has 0 aliphatic carbocycles. The molecule has 7 heteroatoms. The fraction of sp³-hybridized carbons (Fsp3) is 0.429. The average molecular weight is 301 g/mol. The van der Waals surface area contributed by atoms with Crippen LogP contribution in [0.4, 0.5) is 13.2 Å². The molecule has 1 N–H and O–H groups in total. The predicted octanol–water partition coefficient (Wildman–Crippen LogP) is 2.29. The molecule has 1 amide bonds. The van der Waals surface area contributed by atoms with E-state index >= 15 is 0 Å². The molecule has 0 radical (unpaired) electrons. The number of carbonyl (C=O) groups is 2.